The Kier molecular flexibility index (Phi) is 6.88. The molecule has 0 radical (unpaired) electrons. The van der Waals surface area contributed by atoms with Crippen LogP contribution in [0.15, 0.2) is 85.4 Å². The van der Waals surface area contributed by atoms with Crippen molar-refractivity contribution >= 4 is 11.3 Å². The Morgan fingerprint density at radius 2 is 1.50 bits per heavy atom. The Hall–Kier alpha value is -3.13. The smallest absolute Gasteiger partial charge is 0.382 e. The van der Waals surface area contributed by atoms with E-state index in [1.54, 1.807) is 6.07 Å². The summed E-state index contributed by atoms with van der Waals surface area (Å²) in [5.74, 6) is -0.879. The second kappa shape index (κ2) is 10.1. The van der Waals surface area contributed by atoms with Crippen molar-refractivity contribution in [2.45, 2.75) is 49.8 Å². The largest absolute Gasteiger partial charge is 0.418 e. The van der Waals surface area contributed by atoms with E-state index in [1.165, 1.54) is 12.1 Å². The van der Waals surface area contributed by atoms with Crippen molar-refractivity contribution in [3.63, 3.8) is 0 Å². The number of rotatable bonds is 5. The van der Waals surface area contributed by atoms with Gasteiger partial charge >= 0.3 is 6.18 Å². The zero-order chi connectivity index (χ0) is 25.2. The molecule has 5 rings (SSSR count). The molecule has 36 heavy (non-hydrogen) atoms. The molecule has 3 aromatic carbocycles. The second-order valence-electron chi connectivity index (χ2n) is 9.32. The van der Waals surface area contributed by atoms with E-state index in [1.807, 2.05) is 42.5 Å². The topological polar surface area (TPSA) is 39.7 Å². The van der Waals surface area contributed by atoms with Gasteiger partial charge in [0.2, 0.25) is 5.79 Å². The molecule has 188 valence electrons. The lowest BCUT2D eigenvalue weighted by Crippen LogP contribution is -2.49. The van der Waals surface area contributed by atoms with E-state index in [9.17, 15) is 13.2 Å². The van der Waals surface area contributed by atoms with Crippen LogP contribution in [0.4, 0.5) is 18.9 Å². The van der Waals surface area contributed by atoms with Crippen LogP contribution in [0, 0.1) is 0 Å². The second-order valence-corrected chi connectivity index (χ2v) is 9.32. The minimum Gasteiger partial charge on any atom is -0.382 e. The van der Waals surface area contributed by atoms with Crippen molar-refractivity contribution < 1.29 is 27.7 Å². The summed E-state index contributed by atoms with van der Waals surface area (Å²) in [5.41, 5.74) is 3.41. The van der Waals surface area contributed by atoms with Crippen LogP contribution in [-0.4, -0.2) is 24.5 Å². The van der Waals surface area contributed by atoms with Crippen LogP contribution in [0.5, 0.6) is 0 Å². The fourth-order valence-corrected chi connectivity index (χ4v) is 4.78. The molecule has 1 N–H and O–H groups in total. The number of ether oxygens (including phenoxy) is 1. The highest BCUT2D eigenvalue weighted by atomic mass is 19.4. The van der Waals surface area contributed by atoms with Gasteiger partial charge in [0.1, 0.15) is 6.10 Å². The first kappa shape index (κ1) is 24.6. The quantitative estimate of drug-likeness (QED) is 0.373. The molecule has 1 aliphatic carbocycles. The summed E-state index contributed by atoms with van der Waals surface area (Å²) in [4.78, 5) is 11.5. The molecule has 1 unspecified atom stereocenters. The average molecular weight is 496 g/mol. The number of hydrogen-bond donors (Lipinski definition) is 1. The highest BCUT2D eigenvalue weighted by Gasteiger charge is 2.44. The Morgan fingerprint density at radius 1 is 0.861 bits per heavy atom. The van der Waals surface area contributed by atoms with E-state index in [4.69, 9.17) is 14.5 Å². The predicted molar refractivity (Wildman–Crippen MR) is 133 cm³/mol. The number of benzene rings is 3. The van der Waals surface area contributed by atoms with Gasteiger partial charge in [0.15, 0.2) is 0 Å². The fraction of sp³-hybridized carbons (Fsp3) is 0.310. The van der Waals surface area contributed by atoms with Crippen LogP contribution in [0.1, 0.15) is 36.8 Å². The standard InChI is InChI=1S/C29H28F3NO3/c1-20(21-11-13-23(14-12-21)22-7-3-2-4-8-22)27-19-34-28(36-35-27)17-15-24(16-18-28)33-26-10-6-5-9-25(26)29(30,31)32/h2-14,24,27,33H,1,15-19H2. The van der Waals surface area contributed by atoms with Crippen molar-refractivity contribution in [1.29, 1.82) is 0 Å². The third kappa shape index (κ3) is 5.33. The highest BCUT2D eigenvalue weighted by Crippen LogP contribution is 2.40. The van der Waals surface area contributed by atoms with E-state index in [0.717, 1.165) is 28.3 Å². The molecule has 0 aromatic heterocycles. The van der Waals surface area contributed by atoms with Gasteiger partial charge in [-0.15, -0.1) is 0 Å². The highest BCUT2D eigenvalue weighted by molar-refractivity contribution is 5.71. The van der Waals surface area contributed by atoms with E-state index < -0.39 is 23.6 Å². The Labute approximate surface area is 208 Å². The maximum Gasteiger partial charge on any atom is 0.418 e. The molecule has 2 aliphatic rings. The van der Waals surface area contributed by atoms with Crippen LogP contribution in [-0.2, 0) is 20.7 Å². The van der Waals surface area contributed by atoms with Crippen LogP contribution in [0.3, 0.4) is 0 Å². The molecule has 1 atom stereocenters. The molecule has 0 bridgehead atoms. The first-order valence-electron chi connectivity index (χ1n) is 12.1. The first-order valence-corrected chi connectivity index (χ1v) is 12.1. The number of hydrogen-bond acceptors (Lipinski definition) is 4. The monoisotopic (exact) mass is 495 g/mol. The summed E-state index contributed by atoms with van der Waals surface area (Å²) in [6, 6.07) is 23.7. The van der Waals surface area contributed by atoms with Gasteiger partial charge in [0.05, 0.1) is 12.2 Å². The number of alkyl halides is 3. The molecule has 1 saturated carbocycles. The van der Waals surface area contributed by atoms with Gasteiger partial charge in [-0.3, -0.25) is 0 Å². The van der Waals surface area contributed by atoms with Crippen LogP contribution < -0.4 is 5.32 Å². The van der Waals surface area contributed by atoms with Crippen molar-refractivity contribution in [2.75, 3.05) is 11.9 Å². The molecule has 1 saturated heterocycles. The third-order valence-electron chi connectivity index (χ3n) is 6.90. The Bertz CT molecular complexity index is 1180. The minimum absolute atomic E-state index is 0.0994. The van der Waals surface area contributed by atoms with E-state index in [-0.39, 0.29) is 11.7 Å². The van der Waals surface area contributed by atoms with E-state index in [2.05, 4.69) is 24.0 Å². The molecule has 7 heteroatoms. The SMILES string of the molecule is C=C(c1ccc(-c2ccccc2)cc1)C1COC2(CCC(Nc3ccccc3C(F)(F)F)CC2)OO1. The summed E-state index contributed by atoms with van der Waals surface area (Å²) < 4.78 is 46.0. The zero-order valence-corrected chi connectivity index (χ0v) is 19.8. The summed E-state index contributed by atoms with van der Waals surface area (Å²) in [7, 11) is 0. The van der Waals surface area contributed by atoms with Gasteiger partial charge in [-0.25, -0.2) is 9.78 Å². The maximum absolute atomic E-state index is 13.3. The van der Waals surface area contributed by atoms with E-state index in [0.29, 0.717) is 32.3 Å². The molecule has 0 amide bonds. The molecular formula is C29H28F3NO3. The Balaban J connectivity index is 1.15. The lowest BCUT2D eigenvalue weighted by atomic mass is 9.89. The fourth-order valence-electron chi connectivity index (χ4n) is 4.78. The van der Waals surface area contributed by atoms with Gasteiger partial charge in [-0.05, 0) is 47.2 Å². The number of para-hydroxylation sites is 1. The molecular weight excluding hydrogens is 467 g/mol. The molecule has 1 heterocycles. The lowest BCUT2D eigenvalue weighted by Gasteiger charge is -2.43. The summed E-state index contributed by atoms with van der Waals surface area (Å²) >= 11 is 0. The van der Waals surface area contributed by atoms with Gasteiger partial charge < -0.3 is 10.1 Å². The normalized spacial score (nSPS) is 24.4. The van der Waals surface area contributed by atoms with Crippen LogP contribution in [0.25, 0.3) is 16.7 Å². The van der Waals surface area contributed by atoms with Gasteiger partial charge in [-0.1, -0.05) is 73.3 Å². The third-order valence-corrected chi connectivity index (χ3v) is 6.90. The number of anilines is 1. The first-order chi connectivity index (χ1) is 17.3. The van der Waals surface area contributed by atoms with Crippen LogP contribution in [0.2, 0.25) is 0 Å². The molecule has 1 aliphatic heterocycles. The summed E-state index contributed by atoms with van der Waals surface area (Å²) in [6.45, 7) is 4.48. The summed E-state index contributed by atoms with van der Waals surface area (Å²) in [5, 5.41) is 3.06. The zero-order valence-electron chi connectivity index (χ0n) is 19.8. The Morgan fingerprint density at radius 3 is 2.14 bits per heavy atom. The van der Waals surface area contributed by atoms with Crippen molar-refractivity contribution in [1.82, 2.24) is 0 Å². The minimum atomic E-state index is -4.40. The average Bonchev–Trinajstić information content (AvgIpc) is 2.91. The van der Waals surface area contributed by atoms with Crippen molar-refractivity contribution in [3.8, 4) is 11.1 Å². The molecule has 3 aromatic rings. The van der Waals surface area contributed by atoms with Crippen molar-refractivity contribution in [3.05, 3.63) is 96.6 Å². The number of nitrogens with one attached hydrogen (secondary N) is 1. The lowest BCUT2D eigenvalue weighted by molar-refractivity contribution is -0.483. The van der Waals surface area contributed by atoms with Gasteiger partial charge in [0, 0.05) is 24.6 Å². The predicted octanol–water partition coefficient (Wildman–Crippen LogP) is 7.48. The summed E-state index contributed by atoms with van der Waals surface area (Å²) in [6.07, 6.45) is -2.60. The molecule has 2 fully saturated rings. The molecule has 1 spiro atoms. The maximum atomic E-state index is 13.3. The van der Waals surface area contributed by atoms with Gasteiger partial charge in [0.25, 0.3) is 0 Å². The molecule has 4 nitrogen and oxygen atoms in total. The van der Waals surface area contributed by atoms with Crippen molar-refractivity contribution in [2.24, 2.45) is 0 Å². The van der Waals surface area contributed by atoms with E-state index >= 15 is 0 Å². The van der Waals surface area contributed by atoms with Crippen LogP contribution >= 0.6 is 0 Å². The number of halogens is 3. The van der Waals surface area contributed by atoms with Gasteiger partial charge in [-0.2, -0.15) is 13.2 Å².